The molecule has 0 aliphatic heterocycles. The van der Waals surface area contributed by atoms with Crippen molar-refractivity contribution in [2.24, 2.45) is 0 Å². The third kappa shape index (κ3) is 4.64. The van der Waals surface area contributed by atoms with E-state index >= 15 is 0 Å². The van der Waals surface area contributed by atoms with Gasteiger partial charge in [0.05, 0.1) is 12.1 Å². The summed E-state index contributed by atoms with van der Waals surface area (Å²) in [4.78, 5) is 22.4. The van der Waals surface area contributed by atoms with Gasteiger partial charge in [0.1, 0.15) is 12.0 Å². The van der Waals surface area contributed by atoms with Crippen molar-refractivity contribution in [3.8, 4) is 0 Å². The molecule has 1 aromatic carbocycles. The van der Waals surface area contributed by atoms with Gasteiger partial charge in [0.25, 0.3) is 0 Å². The summed E-state index contributed by atoms with van der Waals surface area (Å²) >= 11 is 0. The van der Waals surface area contributed by atoms with Gasteiger partial charge in [0.2, 0.25) is 0 Å². The summed E-state index contributed by atoms with van der Waals surface area (Å²) in [7, 11) is 0. The molecule has 0 atom stereocenters. The number of hydrogen-bond donors (Lipinski definition) is 3. The number of carbonyl (C=O) groups excluding carboxylic acids is 1. The number of carbonyl (C=O) groups is 2. The summed E-state index contributed by atoms with van der Waals surface area (Å²) in [6, 6.07) is 7.98. The van der Waals surface area contributed by atoms with E-state index in [4.69, 9.17) is 5.11 Å². The van der Waals surface area contributed by atoms with Crippen LogP contribution in [0.15, 0.2) is 41.1 Å². The van der Waals surface area contributed by atoms with Crippen LogP contribution in [0.4, 0.5) is 4.79 Å². The first-order chi connectivity index (χ1) is 10.1. The lowest BCUT2D eigenvalue weighted by molar-refractivity contribution is 0.0696. The van der Waals surface area contributed by atoms with Crippen LogP contribution in [-0.2, 0) is 13.0 Å². The fraction of sp³-hybridized carbons (Fsp3) is 0.214. The van der Waals surface area contributed by atoms with Gasteiger partial charge in [-0.1, -0.05) is 17.3 Å². The van der Waals surface area contributed by atoms with E-state index in [0.29, 0.717) is 18.7 Å². The van der Waals surface area contributed by atoms with Crippen molar-refractivity contribution in [2.45, 2.75) is 13.0 Å². The zero-order valence-corrected chi connectivity index (χ0v) is 11.2. The smallest absolute Gasteiger partial charge is 0.335 e. The van der Waals surface area contributed by atoms with Gasteiger partial charge in [-0.15, -0.1) is 0 Å². The van der Waals surface area contributed by atoms with Gasteiger partial charge < -0.3 is 20.3 Å². The van der Waals surface area contributed by atoms with E-state index in [1.165, 1.54) is 12.3 Å². The van der Waals surface area contributed by atoms with E-state index in [9.17, 15) is 9.59 Å². The van der Waals surface area contributed by atoms with E-state index in [1.807, 2.05) is 6.07 Å². The molecule has 0 bridgehead atoms. The Bertz CT molecular complexity index is 610. The van der Waals surface area contributed by atoms with Crippen LogP contribution in [-0.4, -0.2) is 28.8 Å². The van der Waals surface area contributed by atoms with E-state index in [2.05, 4.69) is 20.3 Å². The first-order valence-corrected chi connectivity index (χ1v) is 6.38. The molecule has 2 rings (SSSR count). The van der Waals surface area contributed by atoms with Crippen LogP contribution in [0.5, 0.6) is 0 Å². The van der Waals surface area contributed by atoms with E-state index in [-0.39, 0.29) is 18.1 Å². The molecule has 7 nitrogen and oxygen atoms in total. The van der Waals surface area contributed by atoms with Crippen molar-refractivity contribution >= 4 is 12.0 Å². The van der Waals surface area contributed by atoms with Crippen LogP contribution in [0, 0.1) is 0 Å². The summed E-state index contributed by atoms with van der Waals surface area (Å²) < 4.78 is 4.65. The van der Waals surface area contributed by atoms with Gasteiger partial charge in [-0.2, -0.15) is 0 Å². The second-order valence-corrected chi connectivity index (χ2v) is 4.36. The Balaban J connectivity index is 1.72. The predicted molar refractivity (Wildman–Crippen MR) is 73.8 cm³/mol. The number of amides is 2. The molecule has 0 aliphatic carbocycles. The van der Waals surface area contributed by atoms with Crippen LogP contribution in [0.2, 0.25) is 0 Å². The third-order valence-corrected chi connectivity index (χ3v) is 2.79. The second-order valence-electron chi connectivity index (χ2n) is 4.36. The third-order valence-electron chi connectivity index (χ3n) is 2.79. The summed E-state index contributed by atoms with van der Waals surface area (Å²) in [5.74, 6) is -0.963. The quantitative estimate of drug-likeness (QED) is 0.746. The van der Waals surface area contributed by atoms with E-state index < -0.39 is 5.97 Å². The van der Waals surface area contributed by atoms with Crippen LogP contribution in [0.3, 0.4) is 0 Å². The molecule has 0 fully saturated rings. The van der Waals surface area contributed by atoms with Crippen molar-refractivity contribution in [3.63, 3.8) is 0 Å². The minimum absolute atomic E-state index is 0.239. The number of hydrogen-bond acceptors (Lipinski definition) is 4. The van der Waals surface area contributed by atoms with Gasteiger partial charge in [-0.25, -0.2) is 9.59 Å². The highest BCUT2D eigenvalue weighted by atomic mass is 16.5. The topological polar surface area (TPSA) is 104 Å². The zero-order valence-electron chi connectivity index (χ0n) is 11.2. The van der Waals surface area contributed by atoms with Crippen LogP contribution >= 0.6 is 0 Å². The monoisotopic (exact) mass is 289 g/mol. The first kappa shape index (κ1) is 14.6. The Hall–Kier alpha value is -2.83. The maximum absolute atomic E-state index is 11.5. The highest BCUT2D eigenvalue weighted by Gasteiger charge is 2.04. The van der Waals surface area contributed by atoms with Crippen molar-refractivity contribution in [1.29, 1.82) is 0 Å². The zero-order chi connectivity index (χ0) is 15.1. The summed E-state index contributed by atoms with van der Waals surface area (Å²) in [6.45, 7) is 0.699. The van der Waals surface area contributed by atoms with Crippen LogP contribution in [0.1, 0.15) is 21.6 Å². The summed E-state index contributed by atoms with van der Waals surface area (Å²) in [6.07, 6.45) is 1.99. The largest absolute Gasteiger partial charge is 0.478 e. The Morgan fingerprint density at radius 2 is 2.10 bits per heavy atom. The Morgan fingerprint density at radius 3 is 2.81 bits per heavy atom. The average molecular weight is 289 g/mol. The highest BCUT2D eigenvalue weighted by Crippen LogP contribution is 2.05. The van der Waals surface area contributed by atoms with Gasteiger partial charge in [-0.3, -0.25) is 0 Å². The number of nitrogens with zero attached hydrogens (tertiary/aromatic N) is 1. The molecule has 0 radical (unpaired) electrons. The number of benzene rings is 1. The Morgan fingerprint density at radius 1 is 1.24 bits per heavy atom. The molecular formula is C14H15N3O4. The molecule has 1 heterocycles. The summed E-state index contributed by atoms with van der Waals surface area (Å²) in [5, 5.41) is 17.9. The molecule has 7 heteroatoms. The average Bonchev–Trinajstić information content (AvgIpc) is 2.99. The minimum atomic E-state index is -0.963. The maximum atomic E-state index is 11.5. The second kappa shape index (κ2) is 7.09. The lowest BCUT2D eigenvalue weighted by Crippen LogP contribution is -2.36. The first-order valence-electron chi connectivity index (χ1n) is 6.38. The number of carboxylic acid groups (broad SMARTS) is 1. The van der Waals surface area contributed by atoms with Crippen LogP contribution in [0.25, 0.3) is 0 Å². The lowest BCUT2D eigenvalue weighted by atomic mass is 10.1. The number of nitrogens with one attached hydrogen (secondary N) is 2. The van der Waals surface area contributed by atoms with Gasteiger partial charge >= 0.3 is 12.0 Å². The van der Waals surface area contributed by atoms with E-state index in [0.717, 1.165) is 5.56 Å². The predicted octanol–water partition coefficient (Wildman–Crippen LogP) is 1.41. The van der Waals surface area contributed by atoms with Gasteiger partial charge in [0, 0.05) is 12.6 Å². The van der Waals surface area contributed by atoms with Gasteiger partial charge in [-0.05, 0) is 24.1 Å². The maximum Gasteiger partial charge on any atom is 0.335 e. The molecule has 0 spiro atoms. The lowest BCUT2D eigenvalue weighted by Gasteiger charge is -2.07. The van der Waals surface area contributed by atoms with E-state index in [1.54, 1.807) is 18.2 Å². The molecular weight excluding hydrogens is 274 g/mol. The van der Waals surface area contributed by atoms with Crippen molar-refractivity contribution in [3.05, 3.63) is 53.4 Å². The Labute approximate surface area is 120 Å². The van der Waals surface area contributed by atoms with Crippen molar-refractivity contribution in [2.75, 3.05) is 6.54 Å². The van der Waals surface area contributed by atoms with Crippen LogP contribution < -0.4 is 10.6 Å². The van der Waals surface area contributed by atoms with Gasteiger partial charge in [0.15, 0.2) is 0 Å². The standard InChI is InChI=1S/C14H15N3O4/c18-13(19)11-3-1-2-10(8-11)4-6-15-14(20)16-9-12-5-7-21-17-12/h1-3,5,7-8H,4,6,9H2,(H,18,19)(H2,15,16,20). The molecule has 1 aromatic heterocycles. The number of aromatic nitrogens is 1. The molecule has 2 amide bonds. The normalized spacial score (nSPS) is 10.1. The highest BCUT2D eigenvalue weighted by molar-refractivity contribution is 5.87. The number of aromatic carboxylic acids is 1. The Kier molecular flexibility index (Phi) is 4.92. The molecule has 0 saturated carbocycles. The number of urea groups is 1. The van der Waals surface area contributed by atoms with Crippen molar-refractivity contribution in [1.82, 2.24) is 15.8 Å². The summed E-state index contributed by atoms with van der Waals surface area (Å²) in [5.41, 5.74) is 1.73. The number of carboxylic acids is 1. The molecule has 21 heavy (non-hydrogen) atoms. The SMILES string of the molecule is O=C(NCCc1cccc(C(=O)O)c1)NCc1ccon1. The molecule has 2 aromatic rings. The molecule has 0 aliphatic rings. The molecule has 0 saturated heterocycles. The minimum Gasteiger partial charge on any atom is -0.478 e. The molecule has 3 N–H and O–H groups in total. The number of rotatable bonds is 6. The fourth-order valence-electron chi connectivity index (χ4n) is 1.74. The van der Waals surface area contributed by atoms with Crippen molar-refractivity contribution < 1.29 is 19.2 Å². The fourth-order valence-corrected chi connectivity index (χ4v) is 1.74. The molecule has 110 valence electrons. The molecule has 0 unspecified atom stereocenters.